The molecule has 11 nitrogen and oxygen atoms in total. The number of hydrogen-bond acceptors (Lipinski definition) is 10. The predicted molar refractivity (Wildman–Crippen MR) is 135 cm³/mol. The number of halogens is 1. The minimum absolute atomic E-state index is 0.000628. The Morgan fingerprint density at radius 2 is 1.94 bits per heavy atom. The number of amides is 2. The Bertz CT molecular complexity index is 1430. The molecule has 2 N–H and O–H groups in total. The van der Waals surface area contributed by atoms with E-state index in [1.165, 1.54) is 29.2 Å². The van der Waals surface area contributed by atoms with Crippen molar-refractivity contribution in [1.29, 1.82) is 0 Å². The van der Waals surface area contributed by atoms with Crippen LogP contribution in [0.15, 0.2) is 52.8 Å². The second-order valence-corrected chi connectivity index (χ2v) is 12.5. The van der Waals surface area contributed by atoms with Gasteiger partial charge in [0.05, 0.1) is 16.3 Å². The van der Waals surface area contributed by atoms with Gasteiger partial charge < -0.3 is 9.64 Å². The summed E-state index contributed by atoms with van der Waals surface area (Å²) in [6.45, 7) is 2.45. The van der Waals surface area contributed by atoms with Crippen LogP contribution in [0.1, 0.15) is 13.8 Å². The number of carbonyl (C=O) groups excluding carboxylic acids is 2. The minimum atomic E-state index is -4.30. The minimum Gasteiger partial charge on any atom is -0.439 e. The first-order valence-electron chi connectivity index (χ1n) is 10.0. The molecule has 0 saturated carbocycles. The van der Waals surface area contributed by atoms with Crippen molar-refractivity contribution in [2.75, 3.05) is 23.1 Å². The lowest BCUT2D eigenvalue weighted by Crippen LogP contribution is -2.40. The molecule has 0 aromatic heterocycles. The van der Waals surface area contributed by atoms with E-state index in [9.17, 15) is 30.8 Å². The second-order valence-electron chi connectivity index (χ2n) is 7.58. The topological polar surface area (TPSA) is 150 Å². The molecule has 2 heterocycles. The smallest absolute Gasteiger partial charge is 0.267 e. The summed E-state index contributed by atoms with van der Waals surface area (Å²) in [6.07, 6.45) is 4.47. The summed E-state index contributed by atoms with van der Waals surface area (Å²) < 4.78 is 76.7. The number of rotatable bonds is 8. The van der Waals surface area contributed by atoms with Crippen LogP contribution in [-0.4, -0.2) is 60.6 Å². The zero-order valence-corrected chi connectivity index (χ0v) is 22.1. The van der Waals surface area contributed by atoms with E-state index in [-0.39, 0.29) is 33.1 Å². The SMILES string of the molecule is CC(=O)NS(=O)(=O)CN1C(=O)C(=CC(C)=CC=C2Oc3ccc(F)cc3N2CCS(=O)(=O)O)SC1=S. The Kier molecular flexibility index (Phi) is 8.24. The first-order chi connectivity index (χ1) is 16.6. The molecule has 0 atom stereocenters. The number of allylic oxidation sites excluding steroid dienone is 4. The number of anilines is 1. The van der Waals surface area contributed by atoms with Crippen LogP contribution in [-0.2, 0) is 29.7 Å². The van der Waals surface area contributed by atoms with Gasteiger partial charge in [-0.3, -0.25) is 23.8 Å². The molecular formula is C20H20FN3O8S4. The number of thiocarbonyl (C=S) groups is 1. The third-order valence-electron chi connectivity index (χ3n) is 4.58. The van der Waals surface area contributed by atoms with Gasteiger partial charge in [0, 0.05) is 19.5 Å². The predicted octanol–water partition coefficient (Wildman–Crippen LogP) is 1.87. The van der Waals surface area contributed by atoms with Crippen LogP contribution in [0.3, 0.4) is 0 Å². The molecule has 0 radical (unpaired) electrons. The van der Waals surface area contributed by atoms with Gasteiger partial charge in [-0.1, -0.05) is 30.1 Å². The first kappa shape index (κ1) is 27.8. The van der Waals surface area contributed by atoms with Crippen molar-refractivity contribution in [3.63, 3.8) is 0 Å². The quantitative estimate of drug-likeness (QED) is 0.265. The van der Waals surface area contributed by atoms with Crippen molar-refractivity contribution in [3.8, 4) is 5.75 Å². The molecule has 0 unspecified atom stereocenters. The Morgan fingerprint density at radius 3 is 2.58 bits per heavy atom. The van der Waals surface area contributed by atoms with Gasteiger partial charge in [0.2, 0.25) is 11.8 Å². The van der Waals surface area contributed by atoms with E-state index in [0.29, 0.717) is 5.57 Å². The van der Waals surface area contributed by atoms with Crippen LogP contribution < -0.4 is 14.4 Å². The maximum atomic E-state index is 13.7. The Hall–Kier alpha value is -2.79. The van der Waals surface area contributed by atoms with Gasteiger partial charge in [0.1, 0.15) is 16.0 Å². The van der Waals surface area contributed by atoms with Crippen molar-refractivity contribution in [3.05, 3.63) is 58.6 Å². The molecule has 2 aliphatic heterocycles. The maximum Gasteiger partial charge on any atom is 0.267 e. The molecular weight excluding hydrogens is 557 g/mol. The number of fused-ring (bicyclic) bond motifs is 1. The van der Waals surface area contributed by atoms with E-state index in [2.05, 4.69) is 0 Å². The van der Waals surface area contributed by atoms with Crippen molar-refractivity contribution in [2.24, 2.45) is 0 Å². The summed E-state index contributed by atoms with van der Waals surface area (Å²) in [5.41, 5.74) is 0.797. The lowest BCUT2D eigenvalue weighted by molar-refractivity contribution is -0.122. The molecule has 2 amide bonds. The van der Waals surface area contributed by atoms with Crippen LogP contribution in [0.5, 0.6) is 5.75 Å². The van der Waals surface area contributed by atoms with E-state index in [0.717, 1.165) is 29.7 Å². The lowest BCUT2D eigenvalue weighted by Gasteiger charge is -2.17. The van der Waals surface area contributed by atoms with Gasteiger partial charge in [-0.05, 0) is 36.8 Å². The summed E-state index contributed by atoms with van der Waals surface area (Å²) in [6, 6.07) is 3.72. The third kappa shape index (κ3) is 7.13. The summed E-state index contributed by atoms with van der Waals surface area (Å²) in [5, 5.41) is 0. The zero-order chi connectivity index (χ0) is 26.8. The molecule has 194 valence electrons. The van der Waals surface area contributed by atoms with E-state index in [1.54, 1.807) is 17.7 Å². The average molecular weight is 578 g/mol. The zero-order valence-electron chi connectivity index (χ0n) is 18.8. The monoisotopic (exact) mass is 577 g/mol. The number of hydrogen-bond donors (Lipinski definition) is 2. The third-order valence-corrected chi connectivity index (χ3v) is 7.86. The van der Waals surface area contributed by atoms with Gasteiger partial charge in [0.25, 0.3) is 26.0 Å². The van der Waals surface area contributed by atoms with Crippen LogP contribution in [0.2, 0.25) is 0 Å². The molecule has 1 aromatic rings. The number of thioether (sulfide) groups is 1. The fourth-order valence-corrected chi connectivity index (χ4v) is 6.10. The highest BCUT2D eigenvalue weighted by atomic mass is 32.2. The molecule has 36 heavy (non-hydrogen) atoms. The van der Waals surface area contributed by atoms with Gasteiger partial charge >= 0.3 is 0 Å². The van der Waals surface area contributed by atoms with Crippen LogP contribution in [0.25, 0.3) is 0 Å². The summed E-state index contributed by atoms with van der Waals surface area (Å²) in [5.74, 6) is -3.03. The van der Waals surface area contributed by atoms with Crippen molar-refractivity contribution in [2.45, 2.75) is 13.8 Å². The van der Waals surface area contributed by atoms with Crippen molar-refractivity contribution in [1.82, 2.24) is 9.62 Å². The average Bonchev–Trinajstić information content (AvgIpc) is 3.20. The molecule has 2 aliphatic rings. The molecule has 0 spiro atoms. The van der Waals surface area contributed by atoms with E-state index in [4.69, 9.17) is 21.5 Å². The molecule has 1 fully saturated rings. The number of nitrogens with one attached hydrogen (secondary N) is 1. The standard InChI is InChI=1S/C20H20FN3O8S4/c1-12(9-17-19(26)24(20(33)34-17)11-35(27,28)22-13(2)25)3-6-18-23(7-8-36(29,30)31)15-10-14(21)4-5-16(15)32-18/h3-6,9-10H,7-8,11H2,1-2H3,(H,22,25)(H,29,30,31). The van der Waals surface area contributed by atoms with Crippen LogP contribution in [0.4, 0.5) is 10.1 Å². The summed E-state index contributed by atoms with van der Waals surface area (Å²) in [4.78, 5) is 26.1. The Labute approximate surface area is 216 Å². The number of nitrogens with zero attached hydrogens (tertiary/aromatic N) is 2. The number of sulfonamides is 1. The van der Waals surface area contributed by atoms with E-state index in [1.807, 2.05) is 0 Å². The first-order valence-corrected chi connectivity index (χ1v) is 14.5. The normalized spacial score (nSPS) is 18.7. The van der Waals surface area contributed by atoms with Gasteiger partial charge in [0.15, 0.2) is 5.75 Å². The van der Waals surface area contributed by atoms with Crippen molar-refractivity contribution < 1.29 is 40.1 Å². The summed E-state index contributed by atoms with van der Waals surface area (Å²) in [7, 11) is -8.41. The Balaban J connectivity index is 1.82. The highest BCUT2D eigenvalue weighted by Gasteiger charge is 2.35. The van der Waals surface area contributed by atoms with E-state index < -0.39 is 49.4 Å². The molecule has 1 saturated heterocycles. The fourth-order valence-electron chi connectivity index (χ4n) is 3.13. The van der Waals surface area contributed by atoms with E-state index >= 15 is 0 Å². The highest BCUT2D eigenvalue weighted by molar-refractivity contribution is 8.26. The number of ether oxygens (including phenoxy) is 1. The summed E-state index contributed by atoms with van der Waals surface area (Å²) >= 11 is 5.98. The van der Waals surface area contributed by atoms with Gasteiger partial charge in [-0.15, -0.1) is 0 Å². The number of benzene rings is 1. The van der Waals surface area contributed by atoms with Gasteiger partial charge in [-0.25, -0.2) is 12.8 Å². The lowest BCUT2D eigenvalue weighted by atomic mass is 10.2. The Morgan fingerprint density at radius 1 is 1.25 bits per heavy atom. The highest BCUT2D eigenvalue weighted by Crippen LogP contribution is 2.39. The van der Waals surface area contributed by atoms with Crippen LogP contribution in [0, 0.1) is 5.82 Å². The molecule has 0 bridgehead atoms. The number of carbonyl (C=O) groups is 2. The molecule has 1 aromatic carbocycles. The molecule has 0 aliphatic carbocycles. The fraction of sp³-hybridized carbons (Fsp3) is 0.250. The largest absolute Gasteiger partial charge is 0.439 e. The second kappa shape index (κ2) is 10.7. The molecule has 16 heteroatoms. The van der Waals surface area contributed by atoms with Gasteiger partial charge in [-0.2, -0.15) is 8.42 Å². The maximum absolute atomic E-state index is 13.7. The van der Waals surface area contributed by atoms with Crippen molar-refractivity contribution >= 4 is 65.9 Å². The molecule has 3 rings (SSSR count). The van der Waals surface area contributed by atoms with Crippen LogP contribution >= 0.6 is 24.0 Å².